The van der Waals surface area contributed by atoms with E-state index in [1.807, 2.05) is 0 Å². The van der Waals surface area contributed by atoms with Crippen molar-refractivity contribution in [3.63, 3.8) is 0 Å². The standard InChI is InChI=1S/C7H7N3O2/c1-6-7(2-5-10(11)12)9-4-3-8-6/h2-5H,1H3/b5-2+. The Hall–Kier alpha value is -1.78. The molecule has 0 bridgehead atoms. The van der Waals surface area contributed by atoms with Crippen LogP contribution in [0.3, 0.4) is 0 Å². The Balaban J connectivity index is 2.89. The molecule has 0 aliphatic carbocycles. The van der Waals surface area contributed by atoms with Gasteiger partial charge in [0.15, 0.2) is 0 Å². The third-order valence-electron chi connectivity index (χ3n) is 1.27. The minimum absolute atomic E-state index is 0.522. The van der Waals surface area contributed by atoms with Gasteiger partial charge in [-0.2, -0.15) is 0 Å². The first-order valence-electron chi connectivity index (χ1n) is 3.29. The normalized spacial score (nSPS) is 10.4. The van der Waals surface area contributed by atoms with Crippen molar-refractivity contribution in [3.05, 3.63) is 40.1 Å². The molecule has 0 saturated carbocycles. The van der Waals surface area contributed by atoms with Crippen LogP contribution in [0.15, 0.2) is 18.6 Å². The molecule has 5 nitrogen and oxygen atoms in total. The van der Waals surface area contributed by atoms with E-state index in [2.05, 4.69) is 9.97 Å². The maximum atomic E-state index is 9.95. The summed E-state index contributed by atoms with van der Waals surface area (Å²) in [5, 5.41) is 9.95. The number of hydrogen-bond acceptors (Lipinski definition) is 4. The monoisotopic (exact) mass is 165 g/mol. The summed E-state index contributed by atoms with van der Waals surface area (Å²) < 4.78 is 0. The first-order valence-corrected chi connectivity index (χ1v) is 3.29. The summed E-state index contributed by atoms with van der Waals surface area (Å²) in [6.07, 6.45) is 5.20. The third-order valence-corrected chi connectivity index (χ3v) is 1.27. The predicted octanol–water partition coefficient (Wildman–Crippen LogP) is 1.03. The summed E-state index contributed by atoms with van der Waals surface area (Å²) in [6, 6.07) is 0. The lowest BCUT2D eigenvalue weighted by atomic mass is 10.3. The number of nitro groups is 1. The number of nitrogens with zero attached hydrogens (tertiary/aromatic N) is 3. The van der Waals surface area contributed by atoms with Gasteiger partial charge in [-0.05, 0) is 6.92 Å². The highest BCUT2D eigenvalue weighted by Gasteiger charge is 1.95. The van der Waals surface area contributed by atoms with Crippen molar-refractivity contribution in [2.75, 3.05) is 0 Å². The maximum absolute atomic E-state index is 9.95. The predicted molar refractivity (Wildman–Crippen MR) is 42.8 cm³/mol. The van der Waals surface area contributed by atoms with Crippen LogP contribution in [0.5, 0.6) is 0 Å². The van der Waals surface area contributed by atoms with Crippen LogP contribution in [-0.4, -0.2) is 14.9 Å². The van der Waals surface area contributed by atoms with Crippen LogP contribution >= 0.6 is 0 Å². The molecule has 62 valence electrons. The van der Waals surface area contributed by atoms with Crippen LogP contribution < -0.4 is 0 Å². The quantitative estimate of drug-likeness (QED) is 0.484. The van der Waals surface area contributed by atoms with E-state index in [1.165, 1.54) is 12.3 Å². The largest absolute Gasteiger partial charge is 0.259 e. The van der Waals surface area contributed by atoms with E-state index in [-0.39, 0.29) is 0 Å². The SMILES string of the molecule is Cc1nccnc1/C=C/[N+](=O)[O-]. The lowest BCUT2D eigenvalue weighted by molar-refractivity contribution is -0.401. The van der Waals surface area contributed by atoms with Crippen LogP contribution in [0.1, 0.15) is 11.4 Å². The summed E-state index contributed by atoms with van der Waals surface area (Å²) in [6.45, 7) is 1.74. The van der Waals surface area contributed by atoms with Gasteiger partial charge in [-0.25, -0.2) is 0 Å². The molecule has 0 unspecified atom stereocenters. The van der Waals surface area contributed by atoms with Crippen molar-refractivity contribution in [2.45, 2.75) is 6.92 Å². The highest BCUT2D eigenvalue weighted by Crippen LogP contribution is 2.00. The molecule has 0 fully saturated rings. The Morgan fingerprint density at radius 2 is 2.17 bits per heavy atom. The van der Waals surface area contributed by atoms with E-state index in [9.17, 15) is 10.1 Å². The van der Waals surface area contributed by atoms with Crippen LogP contribution in [0.2, 0.25) is 0 Å². The van der Waals surface area contributed by atoms with Crippen molar-refractivity contribution in [2.24, 2.45) is 0 Å². The molecule has 1 aromatic rings. The molecule has 0 amide bonds. The number of rotatable bonds is 2. The molecule has 1 rings (SSSR count). The lowest BCUT2D eigenvalue weighted by Gasteiger charge is -1.93. The minimum atomic E-state index is -0.534. The van der Waals surface area contributed by atoms with E-state index >= 15 is 0 Å². The van der Waals surface area contributed by atoms with Gasteiger partial charge >= 0.3 is 0 Å². The van der Waals surface area contributed by atoms with Crippen molar-refractivity contribution < 1.29 is 4.92 Å². The second-order valence-electron chi connectivity index (χ2n) is 2.13. The Bertz CT molecular complexity index is 322. The Morgan fingerprint density at radius 1 is 1.50 bits per heavy atom. The number of hydrogen-bond donors (Lipinski definition) is 0. The van der Waals surface area contributed by atoms with Gasteiger partial charge in [0.2, 0.25) is 6.20 Å². The molecule has 0 saturated heterocycles. The topological polar surface area (TPSA) is 68.9 Å². The van der Waals surface area contributed by atoms with E-state index in [4.69, 9.17) is 0 Å². The summed E-state index contributed by atoms with van der Waals surface area (Å²) in [5.74, 6) is 0. The van der Waals surface area contributed by atoms with Crippen molar-refractivity contribution >= 4 is 6.08 Å². The van der Waals surface area contributed by atoms with E-state index in [1.54, 1.807) is 13.1 Å². The van der Waals surface area contributed by atoms with E-state index < -0.39 is 4.92 Å². The highest BCUT2D eigenvalue weighted by atomic mass is 16.6. The summed E-state index contributed by atoms with van der Waals surface area (Å²) in [5.41, 5.74) is 1.20. The summed E-state index contributed by atoms with van der Waals surface area (Å²) in [4.78, 5) is 17.2. The molecule has 0 aromatic carbocycles. The molecule has 0 atom stereocenters. The average molecular weight is 165 g/mol. The van der Waals surface area contributed by atoms with Gasteiger partial charge < -0.3 is 0 Å². The Kier molecular flexibility index (Phi) is 2.47. The zero-order valence-electron chi connectivity index (χ0n) is 6.47. The molecule has 0 aliphatic heterocycles. The zero-order chi connectivity index (χ0) is 8.97. The molecule has 1 heterocycles. The van der Waals surface area contributed by atoms with Crippen LogP contribution in [0, 0.1) is 17.0 Å². The molecule has 12 heavy (non-hydrogen) atoms. The fourth-order valence-corrected chi connectivity index (χ4v) is 0.713. The first-order chi connectivity index (χ1) is 5.70. The molecule has 0 spiro atoms. The molecule has 5 heteroatoms. The van der Waals surface area contributed by atoms with Crippen LogP contribution in [-0.2, 0) is 0 Å². The molecular formula is C7H7N3O2. The highest BCUT2D eigenvalue weighted by molar-refractivity contribution is 5.44. The van der Waals surface area contributed by atoms with E-state index in [0.717, 1.165) is 6.20 Å². The van der Waals surface area contributed by atoms with Gasteiger partial charge in [0.1, 0.15) is 0 Å². The van der Waals surface area contributed by atoms with Crippen LogP contribution in [0.25, 0.3) is 6.08 Å². The van der Waals surface area contributed by atoms with Gasteiger partial charge in [0, 0.05) is 18.5 Å². The molecule has 0 aliphatic rings. The second kappa shape index (κ2) is 3.56. The molecular weight excluding hydrogens is 158 g/mol. The lowest BCUT2D eigenvalue weighted by Crippen LogP contribution is -1.90. The third kappa shape index (κ3) is 2.12. The molecule has 0 radical (unpaired) electrons. The van der Waals surface area contributed by atoms with Crippen molar-refractivity contribution in [1.29, 1.82) is 0 Å². The van der Waals surface area contributed by atoms with Crippen molar-refractivity contribution in [1.82, 2.24) is 9.97 Å². The maximum Gasteiger partial charge on any atom is 0.236 e. The number of aromatic nitrogens is 2. The minimum Gasteiger partial charge on any atom is -0.259 e. The molecule has 1 aromatic heterocycles. The van der Waals surface area contributed by atoms with Gasteiger partial charge in [-0.1, -0.05) is 0 Å². The van der Waals surface area contributed by atoms with Gasteiger partial charge in [0.05, 0.1) is 16.3 Å². The van der Waals surface area contributed by atoms with Crippen LogP contribution in [0.4, 0.5) is 0 Å². The Morgan fingerprint density at radius 3 is 2.75 bits per heavy atom. The van der Waals surface area contributed by atoms with E-state index in [0.29, 0.717) is 11.4 Å². The smallest absolute Gasteiger partial charge is 0.236 e. The fourth-order valence-electron chi connectivity index (χ4n) is 0.713. The van der Waals surface area contributed by atoms with Gasteiger partial charge in [0.25, 0.3) is 0 Å². The molecule has 0 N–H and O–H groups in total. The van der Waals surface area contributed by atoms with Gasteiger partial charge in [-0.15, -0.1) is 0 Å². The first kappa shape index (κ1) is 8.32. The summed E-state index contributed by atoms with van der Waals surface area (Å²) >= 11 is 0. The zero-order valence-corrected chi connectivity index (χ0v) is 6.47. The fraction of sp³-hybridized carbons (Fsp3) is 0.143. The Labute approximate surface area is 68.9 Å². The number of aryl methyl sites for hydroxylation is 1. The van der Waals surface area contributed by atoms with Gasteiger partial charge in [-0.3, -0.25) is 20.1 Å². The second-order valence-corrected chi connectivity index (χ2v) is 2.13. The average Bonchev–Trinajstić information content (AvgIpc) is 2.03. The van der Waals surface area contributed by atoms with Crippen molar-refractivity contribution in [3.8, 4) is 0 Å². The summed E-state index contributed by atoms with van der Waals surface area (Å²) in [7, 11) is 0.